The monoisotopic (exact) mass is 380 g/mol. The summed E-state index contributed by atoms with van der Waals surface area (Å²) in [4.78, 5) is 4.42. The zero-order valence-electron chi connectivity index (χ0n) is 11.6. The van der Waals surface area contributed by atoms with Gasteiger partial charge in [-0.05, 0) is 36.5 Å². The second-order valence-corrected chi connectivity index (χ2v) is 6.76. The van der Waals surface area contributed by atoms with Crippen LogP contribution in [0.5, 0.6) is 0 Å². The van der Waals surface area contributed by atoms with Crippen molar-refractivity contribution in [1.29, 1.82) is 0 Å². The fraction of sp³-hybridized carbons (Fsp3) is 0. The molecule has 0 unspecified atom stereocenters. The standard InChI is InChI=1S/C15H10Cl2N4S2/c16-10-5-6-12-13(7-10)23-15(19-12)20-14(22)21-18-8-9-3-1-2-4-11(9)17/h1-8H,(H2,19,20,21,22)/b18-8+. The number of hydrogen-bond acceptors (Lipinski definition) is 4. The second kappa shape index (κ2) is 7.23. The van der Waals surface area contributed by atoms with Gasteiger partial charge in [0.05, 0.1) is 16.4 Å². The van der Waals surface area contributed by atoms with E-state index in [4.69, 9.17) is 35.4 Å². The van der Waals surface area contributed by atoms with E-state index in [1.54, 1.807) is 18.3 Å². The number of hydrogen-bond donors (Lipinski definition) is 2. The van der Waals surface area contributed by atoms with Crippen LogP contribution in [0.3, 0.4) is 0 Å². The molecule has 0 radical (unpaired) electrons. The Kier molecular flexibility index (Phi) is 5.07. The van der Waals surface area contributed by atoms with Gasteiger partial charge >= 0.3 is 0 Å². The molecule has 0 saturated carbocycles. The van der Waals surface area contributed by atoms with E-state index in [0.717, 1.165) is 15.8 Å². The van der Waals surface area contributed by atoms with Gasteiger partial charge in [0, 0.05) is 15.6 Å². The number of rotatable bonds is 3. The van der Waals surface area contributed by atoms with Crippen LogP contribution in [0, 0.1) is 0 Å². The van der Waals surface area contributed by atoms with E-state index in [2.05, 4.69) is 20.8 Å². The first-order chi connectivity index (χ1) is 11.1. The molecule has 1 aromatic heterocycles. The topological polar surface area (TPSA) is 49.3 Å². The van der Waals surface area contributed by atoms with Gasteiger partial charge in [-0.25, -0.2) is 4.98 Å². The molecule has 0 aliphatic rings. The molecule has 8 heteroatoms. The van der Waals surface area contributed by atoms with Crippen LogP contribution in [0.4, 0.5) is 5.13 Å². The number of nitrogens with zero attached hydrogens (tertiary/aromatic N) is 2. The van der Waals surface area contributed by atoms with Crippen LogP contribution in [0.2, 0.25) is 10.0 Å². The lowest BCUT2D eigenvalue weighted by Crippen LogP contribution is -2.23. The maximum Gasteiger partial charge on any atom is 0.193 e. The van der Waals surface area contributed by atoms with E-state index in [-0.39, 0.29) is 0 Å². The zero-order chi connectivity index (χ0) is 16.2. The van der Waals surface area contributed by atoms with Gasteiger partial charge in [0.1, 0.15) is 0 Å². The fourth-order valence-corrected chi connectivity index (χ4v) is 3.36. The average molecular weight is 381 g/mol. The second-order valence-electron chi connectivity index (χ2n) is 4.48. The third kappa shape index (κ3) is 4.17. The SMILES string of the molecule is S=C(N/N=C/c1ccccc1Cl)Nc1nc2ccc(Cl)cc2s1. The Balaban J connectivity index is 1.63. The minimum atomic E-state index is 0.346. The summed E-state index contributed by atoms with van der Waals surface area (Å²) in [6.07, 6.45) is 1.61. The number of anilines is 1. The summed E-state index contributed by atoms with van der Waals surface area (Å²) < 4.78 is 0.988. The Morgan fingerprint density at radius 1 is 1.22 bits per heavy atom. The largest absolute Gasteiger partial charge is 0.307 e. The molecule has 23 heavy (non-hydrogen) atoms. The molecule has 0 bridgehead atoms. The maximum atomic E-state index is 6.04. The lowest BCUT2D eigenvalue weighted by atomic mass is 10.2. The van der Waals surface area contributed by atoms with Gasteiger partial charge in [-0.1, -0.05) is 52.7 Å². The highest BCUT2D eigenvalue weighted by Crippen LogP contribution is 2.28. The van der Waals surface area contributed by atoms with Crippen LogP contribution in [0.15, 0.2) is 47.6 Å². The molecule has 3 aromatic rings. The first-order valence-corrected chi connectivity index (χ1v) is 8.50. The molecule has 0 amide bonds. The van der Waals surface area contributed by atoms with Crippen LogP contribution < -0.4 is 10.7 Å². The van der Waals surface area contributed by atoms with Crippen LogP contribution in [0.1, 0.15) is 5.56 Å². The van der Waals surface area contributed by atoms with Crippen LogP contribution >= 0.6 is 46.8 Å². The first-order valence-electron chi connectivity index (χ1n) is 6.52. The third-order valence-corrected chi connectivity index (χ3v) is 4.55. The molecule has 0 aliphatic heterocycles. The summed E-state index contributed by atoms with van der Waals surface area (Å²) in [7, 11) is 0. The Morgan fingerprint density at radius 3 is 2.87 bits per heavy atom. The maximum absolute atomic E-state index is 6.04. The predicted octanol–water partition coefficient (Wildman–Crippen LogP) is 4.92. The lowest BCUT2D eigenvalue weighted by Gasteiger charge is -2.03. The fourth-order valence-electron chi connectivity index (χ4n) is 1.82. The van der Waals surface area contributed by atoms with Gasteiger partial charge in [0.2, 0.25) is 0 Å². The van der Waals surface area contributed by atoms with Crippen molar-refractivity contribution in [3.63, 3.8) is 0 Å². The number of aromatic nitrogens is 1. The number of benzene rings is 2. The van der Waals surface area contributed by atoms with E-state index in [1.165, 1.54) is 11.3 Å². The number of thiazole rings is 1. The van der Waals surface area contributed by atoms with Crippen molar-refractivity contribution in [2.45, 2.75) is 0 Å². The van der Waals surface area contributed by atoms with E-state index >= 15 is 0 Å². The van der Waals surface area contributed by atoms with Gasteiger partial charge in [-0.3, -0.25) is 5.43 Å². The van der Waals surface area contributed by atoms with Gasteiger partial charge in [0.15, 0.2) is 10.2 Å². The highest BCUT2D eigenvalue weighted by atomic mass is 35.5. The van der Waals surface area contributed by atoms with Crippen LogP contribution in [0.25, 0.3) is 10.2 Å². The molecular weight excluding hydrogens is 371 g/mol. The normalized spacial score (nSPS) is 11.0. The average Bonchev–Trinajstić information content (AvgIpc) is 2.90. The Hall–Kier alpha value is -1.73. The molecule has 1 heterocycles. The smallest absolute Gasteiger partial charge is 0.193 e. The molecule has 116 valence electrons. The summed E-state index contributed by atoms with van der Waals surface area (Å²) in [5.74, 6) is 0. The molecule has 0 fully saturated rings. The van der Waals surface area contributed by atoms with Crippen molar-refractivity contribution in [1.82, 2.24) is 10.4 Å². The van der Waals surface area contributed by atoms with E-state index in [9.17, 15) is 0 Å². The molecule has 2 N–H and O–H groups in total. The molecule has 0 saturated heterocycles. The lowest BCUT2D eigenvalue weighted by molar-refractivity contribution is 1.05. The van der Waals surface area contributed by atoms with Gasteiger partial charge in [0.25, 0.3) is 0 Å². The van der Waals surface area contributed by atoms with E-state index in [1.807, 2.05) is 30.3 Å². The Labute approximate surface area is 152 Å². The summed E-state index contributed by atoms with van der Waals surface area (Å²) >= 11 is 18.7. The molecule has 3 rings (SSSR count). The van der Waals surface area contributed by atoms with Gasteiger partial charge < -0.3 is 5.32 Å². The van der Waals surface area contributed by atoms with Crippen molar-refractivity contribution in [2.24, 2.45) is 5.10 Å². The summed E-state index contributed by atoms with van der Waals surface area (Å²) in [6, 6.07) is 12.9. The molecule has 4 nitrogen and oxygen atoms in total. The van der Waals surface area contributed by atoms with Gasteiger partial charge in [-0.2, -0.15) is 5.10 Å². The number of hydrazone groups is 1. The molecular formula is C15H10Cl2N4S2. The molecule has 0 atom stereocenters. The number of nitrogens with one attached hydrogen (secondary N) is 2. The van der Waals surface area contributed by atoms with Crippen molar-refractivity contribution >= 4 is 73.4 Å². The summed E-state index contributed by atoms with van der Waals surface area (Å²) in [6.45, 7) is 0. The molecule has 0 spiro atoms. The first kappa shape index (κ1) is 16.1. The van der Waals surface area contributed by atoms with E-state index in [0.29, 0.717) is 20.3 Å². The molecule has 2 aromatic carbocycles. The number of fused-ring (bicyclic) bond motifs is 1. The Bertz CT molecular complexity index is 892. The van der Waals surface area contributed by atoms with Crippen molar-refractivity contribution < 1.29 is 0 Å². The quantitative estimate of drug-likeness (QED) is 0.384. The minimum Gasteiger partial charge on any atom is -0.307 e. The molecule has 0 aliphatic carbocycles. The number of thiocarbonyl (C=S) groups is 1. The van der Waals surface area contributed by atoms with E-state index < -0.39 is 0 Å². The zero-order valence-corrected chi connectivity index (χ0v) is 14.7. The summed E-state index contributed by atoms with van der Waals surface area (Å²) in [5, 5.41) is 9.37. The Morgan fingerprint density at radius 2 is 2.04 bits per heavy atom. The highest BCUT2D eigenvalue weighted by Gasteiger charge is 2.05. The van der Waals surface area contributed by atoms with Crippen molar-refractivity contribution in [3.8, 4) is 0 Å². The van der Waals surface area contributed by atoms with Gasteiger partial charge in [-0.15, -0.1) is 0 Å². The van der Waals surface area contributed by atoms with Crippen LogP contribution in [-0.4, -0.2) is 16.3 Å². The predicted molar refractivity (Wildman–Crippen MR) is 103 cm³/mol. The number of halogens is 2. The minimum absolute atomic E-state index is 0.346. The third-order valence-electron chi connectivity index (χ3n) is 2.85. The van der Waals surface area contributed by atoms with Crippen LogP contribution in [-0.2, 0) is 0 Å². The van der Waals surface area contributed by atoms with Crippen molar-refractivity contribution in [2.75, 3.05) is 5.32 Å². The highest BCUT2D eigenvalue weighted by molar-refractivity contribution is 7.80. The van der Waals surface area contributed by atoms with Crippen molar-refractivity contribution in [3.05, 3.63) is 58.1 Å². The summed E-state index contributed by atoms with van der Waals surface area (Å²) in [5.41, 5.74) is 4.40.